The van der Waals surface area contributed by atoms with Gasteiger partial charge < -0.3 is 14.6 Å². The highest BCUT2D eigenvalue weighted by Crippen LogP contribution is 2.31. The number of carbonyl (C=O) groups excluding carboxylic acids is 1. The summed E-state index contributed by atoms with van der Waals surface area (Å²) >= 11 is 2.82. The van der Waals surface area contributed by atoms with Crippen molar-refractivity contribution >= 4 is 44.4 Å². The van der Waals surface area contributed by atoms with Gasteiger partial charge in [0.2, 0.25) is 5.91 Å². The fourth-order valence-corrected chi connectivity index (χ4v) is 4.71. The Hall–Kier alpha value is -2.91. The first-order valence-electron chi connectivity index (χ1n) is 9.63. The van der Waals surface area contributed by atoms with Gasteiger partial charge in [-0.25, -0.2) is 4.98 Å². The molecule has 0 unspecified atom stereocenters. The number of thioether (sulfide) groups is 1. The van der Waals surface area contributed by atoms with Gasteiger partial charge in [0, 0.05) is 6.54 Å². The Kier molecular flexibility index (Phi) is 6.29. The number of hydrogen-bond acceptors (Lipinski definition) is 7. The van der Waals surface area contributed by atoms with Crippen molar-refractivity contribution in [1.29, 1.82) is 0 Å². The lowest BCUT2D eigenvalue weighted by Crippen LogP contribution is -2.14. The zero-order valence-electron chi connectivity index (χ0n) is 16.7. The molecule has 1 amide bonds. The van der Waals surface area contributed by atoms with Gasteiger partial charge in [-0.1, -0.05) is 47.4 Å². The number of nitrogens with one attached hydrogen (secondary N) is 1. The largest absolute Gasteiger partial charge is 0.493 e. The van der Waals surface area contributed by atoms with Crippen LogP contribution in [0.2, 0.25) is 0 Å². The molecule has 0 atom stereocenters. The van der Waals surface area contributed by atoms with Crippen molar-refractivity contribution in [2.75, 3.05) is 17.7 Å². The van der Waals surface area contributed by atoms with Crippen LogP contribution in [0.5, 0.6) is 5.75 Å². The monoisotopic (exact) mass is 439 g/mol. The van der Waals surface area contributed by atoms with Crippen LogP contribution in [0, 0.1) is 0 Å². The standard InChI is InChI=1S/C21H21N5O2S2/c1-3-26-19(14-9-5-7-11-16(14)28-4-2)24-25-21(26)29-13-18(27)23-20-22-15-10-6-8-12-17(15)30-20/h5-12H,3-4,13H2,1-2H3,(H,22,23,27). The summed E-state index contributed by atoms with van der Waals surface area (Å²) in [5.74, 6) is 1.60. The molecule has 7 nitrogen and oxygen atoms in total. The van der Waals surface area contributed by atoms with E-state index >= 15 is 0 Å². The van der Waals surface area contributed by atoms with Gasteiger partial charge in [-0.3, -0.25) is 4.79 Å². The Morgan fingerprint density at radius 1 is 1.13 bits per heavy atom. The lowest BCUT2D eigenvalue weighted by atomic mass is 10.2. The van der Waals surface area contributed by atoms with Crippen molar-refractivity contribution < 1.29 is 9.53 Å². The zero-order valence-corrected chi connectivity index (χ0v) is 18.3. The first kappa shape index (κ1) is 20.4. The van der Waals surface area contributed by atoms with E-state index in [0.29, 0.717) is 23.4 Å². The van der Waals surface area contributed by atoms with Crippen LogP contribution >= 0.6 is 23.1 Å². The average molecular weight is 440 g/mol. The first-order valence-corrected chi connectivity index (χ1v) is 11.4. The molecule has 1 N–H and O–H groups in total. The molecule has 2 heterocycles. The summed E-state index contributed by atoms with van der Waals surface area (Å²) in [4.78, 5) is 16.9. The third kappa shape index (κ3) is 4.31. The van der Waals surface area contributed by atoms with Crippen LogP contribution < -0.4 is 10.1 Å². The van der Waals surface area contributed by atoms with E-state index < -0.39 is 0 Å². The van der Waals surface area contributed by atoms with E-state index in [4.69, 9.17) is 4.74 Å². The Balaban J connectivity index is 1.47. The Bertz CT molecular complexity index is 1140. The third-order valence-corrected chi connectivity index (χ3v) is 6.25. The number of anilines is 1. The van der Waals surface area contributed by atoms with Gasteiger partial charge in [-0.05, 0) is 38.1 Å². The van der Waals surface area contributed by atoms with Gasteiger partial charge in [0.15, 0.2) is 16.1 Å². The summed E-state index contributed by atoms with van der Waals surface area (Å²) in [5, 5.41) is 12.8. The predicted molar refractivity (Wildman–Crippen MR) is 121 cm³/mol. The van der Waals surface area contributed by atoms with Crippen molar-refractivity contribution in [3.05, 3.63) is 48.5 Å². The fraction of sp³-hybridized carbons (Fsp3) is 0.238. The number of aromatic nitrogens is 4. The number of ether oxygens (including phenoxy) is 1. The summed E-state index contributed by atoms with van der Waals surface area (Å²) in [7, 11) is 0. The molecule has 0 aliphatic heterocycles. The second-order valence-electron chi connectivity index (χ2n) is 6.30. The topological polar surface area (TPSA) is 81.9 Å². The highest BCUT2D eigenvalue weighted by molar-refractivity contribution is 7.99. The summed E-state index contributed by atoms with van der Waals surface area (Å²) in [6.45, 7) is 5.24. The number of rotatable bonds is 8. The first-order chi connectivity index (χ1) is 14.7. The van der Waals surface area contributed by atoms with Gasteiger partial charge >= 0.3 is 0 Å². The number of benzene rings is 2. The molecule has 0 spiro atoms. The van der Waals surface area contributed by atoms with Crippen molar-refractivity contribution in [1.82, 2.24) is 19.7 Å². The molecule has 0 saturated heterocycles. The number of amides is 1. The summed E-state index contributed by atoms with van der Waals surface area (Å²) < 4.78 is 8.77. The van der Waals surface area contributed by atoms with E-state index in [1.807, 2.05) is 66.9 Å². The highest BCUT2D eigenvalue weighted by atomic mass is 32.2. The molecule has 2 aromatic carbocycles. The van der Waals surface area contributed by atoms with Gasteiger partial charge in [0.05, 0.1) is 28.1 Å². The van der Waals surface area contributed by atoms with Gasteiger partial charge in [-0.15, -0.1) is 10.2 Å². The SMILES string of the molecule is CCOc1ccccc1-c1nnc(SCC(=O)Nc2nc3ccccc3s2)n1CC. The Morgan fingerprint density at radius 2 is 1.93 bits per heavy atom. The molecule has 4 aromatic rings. The lowest BCUT2D eigenvalue weighted by Gasteiger charge is -2.11. The van der Waals surface area contributed by atoms with E-state index in [1.54, 1.807) is 0 Å². The molecule has 0 saturated carbocycles. The molecule has 0 bridgehead atoms. The maximum atomic E-state index is 12.4. The molecule has 154 valence electrons. The van der Waals surface area contributed by atoms with Crippen molar-refractivity contribution in [2.24, 2.45) is 0 Å². The maximum absolute atomic E-state index is 12.4. The smallest absolute Gasteiger partial charge is 0.236 e. The van der Waals surface area contributed by atoms with Gasteiger partial charge in [0.1, 0.15) is 5.75 Å². The van der Waals surface area contributed by atoms with Crippen LogP contribution in [-0.2, 0) is 11.3 Å². The minimum Gasteiger partial charge on any atom is -0.493 e. The minimum absolute atomic E-state index is 0.124. The number of thiazole rings is 1. The minimum atomic E-state index is -0.124. The number of nitrogens with zero attached hydrogens (tertiary/aromatic N) is 4. The maximum Gasteiger partial charge on any atom is 0.236 e. The normalized spacial score (nSPS) is 11.0. The Morgan fingerprint density at radius 3 is 2.73 bits per heavy atom. The van der Waals surface area contributed by atoms with Crippen molar-refractivity contribution in [3.63, 3.8) is 0 Å². The number of para-hydroxylation sites is 2. The van der Waals surface area contributed by atoms with E-state index in [2.05, 4.69) is 20.5 Å². The summed E-state index contributed by atoms with van der Waals surface area (Å²) in [6.07, 6.45) is 0. The quantitative estimate of drug-likeness (QED) is 0.401. The number of carbonyl (C=O) groups is 1. The highest BCUT2D eigenvalue weighted by Gasteiger charge is 2.18. The second kappa shape index (κ2) is 9.27. The average Bonchev–Trinajstić information content (AvgIpc) is 3.35. The van der Waals surface area contributed by atoms with Crippen LogP contribution in [0.15, 0.2) is 53.7 Å². The molecule has 0 aliphatic carbocycles. The lowest BCUT2D eigenvalue weighted by molar-refractivity contribution is -0.113. The molecule has 4 rings (SSSR count). The fourth-order valence-electron chi connectivity index (χ4n) is 3.02. The van der Waals surface area contributed by atoms with Crippen LogP contribution in [-0.4, -0.2) is 38.0 Å². The molecule has 0 aliphatic rings. The zero-order chi connectivity index (χ0) is 20.9. The van der Waals surface area contributed by atoms with Crippen molar-refractivity contribution in [3.8, 4) is 17.1 Å². The summed E-state index contributed by atoms with van der Waals surface area (Å²) in [5.41, 5.74) is 1.77. The predicted octanol–water partition coefficient (Wildman–Crippen LogP) is 4.70. The van der Waals surface area contributed by atoms with E-state index in [1.165, 1.54) is 23.1 Å². The molecule has 2 aromatic heterocycles. The molecule has 0 radical (unpaired) electrons. The molecule has 0 fully saturated rings. The summed E-state index contributed by atoms with van der Waals surface area (Å²) in [6, 6.07) is 15.6. The number of hydrogen-bond donors (Lipinski definition) is 1. The van der Waals surface area contributed by atoms with Crippen LogP contribution in [0.4, 0.5) is 5.13 Å². The van der Waals surface area contributed by atoms with Crippen molar-refractivity contribution in [2.45, 2.75) is 25.5 Å². The molecule has 9 heteroatoms. The second-order valence-corrected chi connectivity index (χ2v) is 8.28. The van der Waals surface area contributed by atoms with Gasteiger partial charge in [0.25, 0.3) is 0 Å². The van der Waals surface area contributed by atoms with E-state index in [-0.39, 0.29) is 11.7 Å². The van der Waals surface area contributed by atoms with E-state index in [0.717, 1.165) is 27.4 Å². The third-order valence-electron chi connectivity index (χ3n) is 4.33. The van der Waals surface area contributed by atoms with E-state index in [9.17, 15) is 4.79 Å². The van der Waals surface area contributed by atoms with Crippen LogP contribution in [0.25, 0.3) is 21.6 Å². The molecular weight excluding hydrogens is 418 g/mol. The van der Waals surface area contributed by atoms with Crippen LogP contribution in [0.3, 0.4) is 0 Å². The van der Waals surface area contributed by atoms with Crippen LogP contribution in [0.1, 0.15) is 13.8 Å². The Labute approximate surface area is 182 Å². The molecule has 30 heavy (non-hydrogen) atoms. The van der Waals surface area contributed by atoms with Gasteiger partial charge in [-0.2, -0.15) is 0 Å². The number of fused-ring (bicyclic) bond motifs is 1. The molecular formula is C21H21N5O2S2.